The molecular formula is C19H18N2O2. The Balaban J connectivity index is 1.52. The lowest BCUT2D eigenvalue weighted by molar-refractivity contribution is 0.0921. The molecule has 0 fully saturated rings. The third kappa shape index (κ3) is 3.86. The highest BCUT2D eigenvalue weighted by molar-refractivity contribution is 5.98. The molecule has 116 valence electrons. The second-order valence-electron chi connectivity index (χ2n) is 5.51. The Morgan fingerprint density at radius 2 is 1.09 bits per heavy atom. The molecule has 0 saturated carbocycles. The van der Waals surface area contributed by atoms with E-state index in [0.29, 0.717) is 30.9 Å². The van der Waals surface area contributed by atoms with Gasteiger partial charge in [0, 0.05) is 23.5 Å². The molecule has 0 unspecified atom stereocenters. The maximum absolute atomic E-state index is 12.2. The first-order chi connectivity index (χ1) is 11.2. The molecule has 0 radical (unpaired) electrons. The maximum Gasteiger partial charge on any atom is 0.182 e. The van der Waals surface area contributed by atoms with Crippen molar-refractivity contribution >= 4 is 11.6 Å². The number of hydrogen-bond acceptors (Lipinski definition) is 4. The van der Waals surface area contributed by atoms with Crippen molar-refractivity contribution < 1.29 is 9.59 Å². The van der Waals surface area contributed by atoms with E-state index in [4.69, 9.17) is 0 Å². The van der Waals surface area contributed by atoms with Crippen LogP contribution in [0.1, 0.15) is 20.7 Å². The zero-order valence-electron chi connectivity index (χ0n) is 12.8. The Morgan fingerprint density at radius 1 is 0.696 bits per heavy atom. The molecule has 0 aliphatic carbocycles. The predicted molar refractivity (Wildman–Crippen MR) is 89.0 cm³/mol. The first-order valence-corrected chi connectivity index (χ1v) is 7.55. The Kier molecular flexibility index (Phi) is 4.52. The average Bonchev–Trinajstić information content (AvgIpc) is 3.03. The summed E-state index contributed by atoms with van der Waals surface area (Å²) in [4.78, 5) is 28.2. The lowest BCUT2D eigenvalue weighted by Crippen LogP contribution is -2.32. The molecule has 4 heteroatoms. The summed E-state index contributed by atoms with van der Waals surface area (Å²) in [6, 6.07) is 18.5. The average molecular weight is 306 g/mol. The molecule has 0 N–H and O–H groups in total. The van der Waals surface area contributed by atoms with Crippen molar-refractivity contribution in [3.63, 3.8) is 0 Å². The number of nitrogens with zero attached hydrogens (tertiary/aromatic N) is 2. The first-order valence-electron chi connectivity index (χ1n) is 7.55. The minimum Gasteiger partial charge on any atom is -0.351 e. The minimum atomic E-state index is 0.0754. The summed E-state index contributed by atoms with van der Waals surface area (Å²) >= 11 is 0. The number of ketones is 2. The van der Waals surface area contributed by atoms with Crippen molar-refractivity contribution in [2.24, 2.45) is 0 Å². The molecule has 0 atom stereocenters. The van der Waals surface area contributed by atoms with Gasteiger partial charge in [0.25, 0.3) is 0 Å². The Labute approximate surface area is 135 Å². The Bertz CT molecular complexity index is 649. The van der Waals surface area contributed by atoms with Gasteiger partial charge in [0.1, 0.15) is 0 Å². The summed E-state index contributed by atoms with van der Waals surface area (Å²) in [7, 11) is 0. The first kappa shape index (κ1) is 15.0. The van der Waals surface area contributed by atoms with Crippen LogP contribution in [0.4, 0.5) is 0 Å². The smallest absolute Gasteiger partial charge is 0.182 e. The lowest BCUT2D eigenvalue weighted by atomic mass is 10.1. The molecule has 0 saturated heterocycles. The maximum atomic E-state index is 12.2. The van der Waals surface area contributed by atoms with Gasteiger partial charge in [-0.25, -0.2) is 0 Å². The fourth-order valence-electron chi connectivity index (χ4n) is 2.52. The SMILES string of the molecule is O=C(CN1C=CN(CC(=O)c2ccccc2)C1)c1ccccc1. The van der Waals surface area contributed by atoms with Crippen LogP contribution in [0.2, 0.25) is 0 Å². The van der Waals surface area contributed by atoms with Gasteiger partial charge in [-0.3, -0.25) is 9.59 Å². The highest BCUT2D eigenvalue weighted by Crippen LogP contribution is 2.10. The van der Waals surface area contributed by atoms with Crippen LogP contribution in [0, 0.1) is 0 Å². The van der Waals surface area contributed by atoms with Crippen LogP contribution in [0.5, 0.6) is 0 Å². The molecule has 0 bridgehead atoms. The van der Waals surface area contributed by atoms with Crippen molar-refractivity contribution in [2.75, 3.05) is 19.8 Å². The van der Waals surface area contributed by atoms with Crippen LogP contribution >= 0.6 is 0 Å². The zero-order valence-corrected chi connectivity index (χ0v) is 12.8. The van der Waals surface area contributed by atoms with E-state index in [9.17, 15) is 9.59 Å². The summed E-state index contributed by atoms with van der Waals surface area (Å²) in [6.07, 6.45) is 3.72. The number of hydrogen-bond donors (Lipinski definition) is 0. The zero-order chi connectivity index (χ0) is 16.1. The van der Waals surface area contributed by atoms with E-state index in [1.165, 1.54) is 0 Å². The molecule has 1 heterocycles. The third-order valence-corrected chi connectivity index (χ3v) is 3.74. The van der Waals surface area contributed by atoms with Gasteiger partial charge in [-0.2, -0.15) is 0 Å². The van der Waals surface area contributed by atoms with Crippen molar-refractivity contribution in [3.8, 4) is 0 Å². The van der Waals surface area contributed by atoms with E-state index in [-0.39, 0.29) is 11.6 Å². The van der Waals surface area contributed by atoms with Crippen molar-refractivity contribution in [3.05, 3.63) is 84.2 Å². The van der Waals surface area contributed by atoms with Gasteiger partial charge in [0.2, 0.25) is 0 Å². The van der Waals surface area contributed by atoms with Gasteiger partial charge < -0.3 is 9.80 Å². The van der Waals surface area contributed by atoms with E-state index >= 15 is 0 Å². The molecule has 1 aliphatic rings. The molecule has 0 amide bonds. The molecule has 2 aromatic rings. The summed E-state index contributed by atoms with van der Waals surface area (Å²) in [5.41, 5.74) is 1.42. The fourth-order valence-corrected chi connectivity index (χ4v) is 2.52. The second-order valence-corrected chi connectivity index (χ2v) is 5.51. The minimum absolute atomic E-state index is 0.0754. The second kappa shape index (κ2) is 6.92. The highest BCUT2D eigenvalue weighted by atomic mass is 16.1. The van der Waals surface area contributed by atoms with Crippen LogP contribution < -0.4 is 0 Å². The van der Waals surface area contributed by atoms with E-state index in [2.05, 4.69) is 0 Å². The van der Waals surface area contributed by atoms with E-state index < -0.39 is 0 Å². The van der Waals surface area contributed by atoms with Gasteiger partial charge in [-0.1, -0.05) is 60.7 Å². The van der Waals surface area contributed by atoms with Gasteiger partial charge >= 0.3 is 0 Å². The molecule has 4 nitrogen and oxygen atoms in total. The summed E-state index contributed by atoms with van der Waals surface area (Å²) in [6.45, 7) is 1.18. The van der Waals surface area contributed by atoms with Crippen molar-refractivity contribution in [2.45, 2.75) is 0 Å². The van der Waals surface area contributed by atoms with Gasteiger partial charge in [-0.05, 0) is 0 Å². The lowest BCUT2D eigenvalue weighted by Gasteiger charge is -2.20. The number of carbonyl (C=O) groups is 2. The Hall–Kier alpha value is -2.88. The number of rotatable bonds is 6. The topological polar surface area (TPSA) is 40.6 Å². The molecule has 23 heavy (non-hydrogen) atoms. The van der Waals surface area contributed by atoms with E-state index in [1.807, 2.05) is 82.9 Å². The molecule has 3 rings (SSSR count). The number of Topliss-reactive ketones (excluding diaryl/α,β-unsaturated/α-hetero) is 2. The molecule has 0 aromatic heterocycles. The van der Waals surface area contributed by atoms with E-state index in [0.717, 1.165) is 0 Å². The van der Waals surface area contributed by atoms with Crippen LogP contribution in [-0.4, -0.2) is 41.1 Å². The molecule has 1 aliphatic heterocycles. The summed E-state index contributed by atoms with van der Waals surface area (Å²) in [5, 5.41) is 0. The molecule has 2 aromatic carbocycles. The summed E-state index contributed by atoms with van der Waals surface area (Å²) in [5.74, 6) is 0.151. The normalized spacial score (nSPS) is 13.4. The Morgan fingerprint density at radius 3 is 1.48 bits per heavy atom. The third-order valence-electron chi connectivity index (χ3n) is 3.74. The number of carbonyl (C=O) groups excluding carboxylic acids is 2. The molecule has 0 spiro atoms. The largest absolute Gasteiger partial charge is 0.351 e. The predicted octanol–water partition coefficient (Wildman–Crippen LogP) is 2.80. The quantitative estimate of drug-likeness (QED) is 0.770. The van der Waals surface area contributed by atoms with E-state index in [1.54, 1.807) is 0 Å². The van der Waals surface area contributed by atoms with Crippen LogP contribution in [-0.2, 0) is 0 Å². The van der Waals surface area contributed by atoms with Crippen LogP contribution in [0.15, 0.2) is 73.1 Å². The van der Waals surface area contributed by atoms with Crippen molar-refractivity contribution in [1.82, 2.24) is 9.80 Å². The van der Waals surface area contributed by atoms with Crippen LogP contribution in [0.25, 0.3) is 0 Å². The molecular weight excluding hydrogens is 288 g/mol. The van der Waals surface area contributed by atoms with Gasteiger partial charge in [-0.15, -0.1) is 0 Å². The van der Waals surface area contributed by atoms with Crippen molar-refractivity contribution in [1.29, 1.82) is 0 Å². The summed E-state index contributed by atoms with van der Waals surface area (Å²) < 4.78 is 0. The fraction of sp³-hybridized carbons (Fsp3) is 0.158. The van der Waals surface area contributed by atoms with Crippen LogP contribution in [0.3, 0.4) is 0 Å². The number of benzene rings is 2. The van der Waals surface area contributed by atoms with Gasteiger partial charge in [0.15, 0.2) is 11.6 Å². The van der Waals surface area contributed by atoms with Gasteiger partial charge in [0.05, 0.1) is 19.8 Å². The highest BCUT2D eigenvalue weighted by Gasteiger charge is 2.18. The standard InChI is InChI=1S/C19H18N2O2/c22-18(16-7-3-1-4-8-16)13-20-11-12-21(15-20)14-19(23)17-9-5-2-6-10-17/h1-12H,13-15H2. The monoisotopic (exact) mass is 306 g/mol.